The summed E-state index contributed by atoms with van der Waals surface area (Å²) in [5.41, 5.74) is 5.40. The second-order valence-electron chi connectivity index (χ2n) is 6.43. The molecule has 3 aliphatic rings. The Labute approximate surface area is 130 Å². The molecule has 0 aromatic carbocycles. The Bertz CT molecular complexity index is 475. The Morgan fingerprint density at radius 3 is 2.09 bits per heavy atom. The quantitative estimate of drug-likeness (QED) is 0.714. The first kappa shape index (κ1) is 15.3. The highest BCUT2D eigenvalue weighted by atomic mass is 16.2. The van der Waals surface area contributed by atoms with Crippen LogP contribution >= 0.6 is 0 Å². The minimum absolute atomic E-state index is 0.0307. The molecule has 0 saturated carbocycles. The largest absolute Gasteiger partial charge is 0.368 e. The molecule has 0 aromatic rings. The van der Waals surface area contributed by atoms with Gasteiger partial charge in [0.1, 0.15) is 12.1 Å². The van der Waals surface area contributed by atoms with Crippen LogP contribution in [0.15, 0.2) is 0 Å². The van der Waals surface area contributed by atoms with E-state index in [1.54, 1.807) is 9.80 Å². The van der Waals surface area contributed by atoms with Crippen LogP contribution in [0.25, 0.3) is 0 Å². The van der Waals surface area contributed by atoms with Crippen LogP contribution < -0.4 is 11.1 Å². The molecule has 0 aromatic heterocycles. The van der Waals surface area contributed by atoms with Crippen molar-refractivity contribution in [2.24, 2.45) is 5.73 Å². The predicted molar refractivity (Wildman–Crippen MR) is 79.7 cm³/mol. The summed E-state index contributed by atoms with van der Waals surface area (Å²) in [6, 6.07) is -1.08. The van der Waals surface area contributed by atoms with Gasteiger partial charge in [0.05, 0.1) is 6.04 Å². The lowest BCUT2D eigenvalue weighted by atomic mass is 10.1. The molecule has 3 rings (SSSR count). The van der Waals surface area contributed by atoms with Crippen molar-refractivity contribution < 1.29 is 14.4 Å². The van der Waals surface area contributed by atoms with Gasteiger partial charge in [-0.3, -0.25) is 14.4 Å². The number of likely N-dealkylation sites (tertiary alicyclic amines) is 2. The minimum Gasteiger partial charge on any atom is -0.368 e. The third-order valence-electron chi connectivity index (χ3n) is 5.04. The zero-order chi connectivity index (χ0) is 15.7. The van der Waals surface area contributed by atoms with Crippen LogP contribution in [0.3, 0.4) is 0 Å². The molecule has 7 heteroatoms. The second-order valence-corrected chi connectivity index (χ2v) is 6.43. The predicted octanol–water partition coefficient (Wildman–Crippen LogP) is -0.794. The molecule has 122 valence electrons. The summed E-state index contributed by atoms with van der Waals surface area (Å²) >= 11 is 0. The summed E-state index contributed by atoms with van der Waals surface area (Å²) in [4.78, 5) is 40.2. The Kier molecular flexibility index (Phi) is 4.33. The van der Waals surface area contributed by atoms with Gasteiger partial charge in [0.15, 0.2) is 0 Å². The number of primary amides is 1. The van der Waals surface area contributed by atoms with Crippen LogP contribution in [-0.4, -0.2) is 65.3 Å². The summed E-state index contributed by atoms with van der Waals surface area (Å²) < 4.78 is 0. The van der Waals surface area contributed by atoms with Crippen molar-refractivity contribution in [2.75, 3.05) is 19.6 Å². The topological polar surface area (TPSA) is 95.7 Å². The maximum absolute atomic E-state index is 12.8. The second kappa shape index (κ2) is 6.24. The molecule has 3 fully saturated rings. The molecule has 7 nitrogen and oxygen atoms in total. The van der Waals surface area contributed by atoms with E-state index >= 15 is 0 Å². The smallest absolute Gasteiger partial charge is 0.246 e. The van der Waals surface area contributed by atoms with Gasteiger partial charge in [0, 0.05) is 13.1 Å². The number of carbonyl (C=O) groups is 3. The highest BCUT2D eigenvalue weighted by molar-refractivity contribution is 5.93. The highest BCUT2D eigenvalue weighted by Crippen LogP contribution is 2.26. The van der Waals surface area contributed by atoms with Crippen LogP contribution in [0.4, 0.5) is 0 Å². The van der Waals surface area contributed by atoms with Gasteiger partial charge < -0.3 is 20.9 Å². The van der Waals surface area contributed by atoms with E-state index in [9.17, 15) is 14.4 Å². The van der Waals surface area contributed by atoms with Crippen molar-refractivity contribution in [2.45, 2.75) is 56.7 Å². The van der Waals surface area contributed by atoms with E-state index < -0.39 is 18.0 Å². The lowest BCUT2D eigenvalue weighted by Gasteiger charge is -2.31. The summed E-state index contributed by atoms with van der Waals surface area (Å²) in [6.45, 7) is 2.05. The van der Waals surface area contributed by atoms with Gasteiger partial charge in [-0.1, -0.05) is 0 Å². The molecule has 3 aliphatic heterocycles. The van der Waals surface area contributed by atoms with Gasteiger partial charge in [-0.05, 0) is 45.1 Å². The number of nitrogens with zero attached hydrogens (tertiary/aromatic N) is 2. The molecule has 0 unspecified atom stereocenters. The lowest BCUT2D eigenvalue weighted by Crippen LogP contribution is -2.54. The Morgan fingerprint density at radius 1 is 0.864 bits per heavy atom. The van der Waals surface area contributed by atoms with Crippen molar-refractivity contribution in [3.05, 3.63) is 0 Å². The number of nitrogens with one attached hydrogen (secondary N) is 1. The minimum atomic E-state index is -0.505. The van der Waals surface area contributed by atoms with Crippen LogP contribution in [-0.2, 0) is 14.4 Å². The molecule has 3 saturated heterocycles. The van der Waals surface area contributed by atoms with Gasteiger partial charge in [0.25, 0.3) is 0 Å². The van der Waals surface area contributed by atoms with Gasteiger partial charge in [-0.15, -0.1) is 0 Å². The number of carbonyl (C=O) groups excluding carboxylic acids is 3. The molecule has 3 heterocycles. The van der Waals surface area contributed by atoms with Crippen molar-refractivity contribution >= 4 is 17.7 Å². The average Bonchev–Trinajstić information content (AvgIpc) is 3.25. The number of rotatable bonds is 3. The van der Waals surface area contributed by atoms with Crippen LogP contribution in [0.1, 0.15) is 38.5 Å². The first-order valence-corrected chi connectivity index (χ1v) is 8.23. The van der Waals surface area contributed by atoms with Crippen molar-refractivity contribution in [3.8, 4) is 0 Å². The van der Waals surface area contributed by atoms with E-state index in [2.05, 4.69) is 5.32 Å². The van der Waals surface area contributed by atoms with Crippen LogP contribution in [0, 0.1) is 0 Å². The standard InChI is InChI=1S/C15H24N4O3/c16-13(20)11-5-2-8-18(11)15(22)12-6-3-9-19(12)14(21)10-4-1-7-17-10/h10-12,17H,1-9H2,(H2,16,20)/t10-,11+,12-/m0/s1. The number of nitrogens with two attached hydrogens (primary N) is 1. The van der Waals surface area contributed by atoms with E-state index in [4.69, 9.17) is 5.73 Å². The first-order chi connectivity index (χ1) is 10.6. The number of hydrogen-bond donors (Lipinski definition) is 2. The van der Waals surface area contributed by atoms with Crippen LogP contribution in [0.5, 0.6) is 0 Å². The normalized spacial score (nSPS) is 31.7. The molecule has 3 atom stereocenters. The maximum Gasteiger partial charge on any atom is 0.246 e. The molecule has 3 amide bonds. The maximum atomic E-state index is 12.8. The SMILES string of the molecule is NC(=O)[C@H]1CCCN1C(=O)[C@@H]1CCCN1C(=O)[C@@H]1CCCN1. The molecule has 0 spiro atoms. The van der Waals surface area contributed by atoms with Gasteiger partial charge in [0.2, 0.25) is 17.7 Å². The fourth-order valence-corrected chi connectivity index (χ4v) is 3.90. The Morgan fingerprint density at radius 2 is 1.50 bits per heavy atom. The number of amides is 3. The van der Waals surface area contributed by atoms with Crippen molar-refractivity contribution in [1.82, 2.24) is 15.1 Å². The van der Waals surface area contributed by atoms with Gasteiger partial charge in [-0.2, -0.15) is 0 Å². The zero-order valence-corrected chi connectivity index (χ0v) is 12.8. The van der Waals surface area contributed by atoms with Crippen molar-refractivity contribution in [1.29, 1.82) is 0 Å². The molecular weight excluding hydrogens is 284 g/mol. The fourth-order valence-electron chi connectivity index (χ4n) is 3.90. The summed E-state index contributed by atoms with van der Waals surface area (Å²) in [5, 5.41) is 3.20. The molecule has 0 radical (unpaired) electrons. The van der Waals surface area contributed by atoms with E-state index in [-0.39, 0.29) is 17.9 Å². The third-order valence-corrected chi connectivity index (χ3v) is 5.04. The highest BCUT2D eigenvalue weighted by Gasteiger charge is 2.42. The fraction of sp³-hybridized carbons (Fsp3) is 0.800. The van der Waals surface area contributed by atoms with Crippen molar-refractivity contribution in [3.63, 3.8) is 0 Å². The monoisotopic (exact) mass is 308 g/mol. The Balaban J connectivity index is 1.70. The first-order valence-electron chi connectivity index (χ1n) is 8.23. The molecular formula is C15H24N4O3. The van der Waals surface area contributed by atoms with Gasteiger partial charge >= 0.3 is 0 Å². The van der Waals surface area contributed by atoms with Crippen LogP contribution in [0.2, 0.25) is 0 Å². The molecule has 3 N–H and O–H groups in total. The van der Waals surface area contributed by atoms with E-state index in [0.29, 0.717) is 25.9 Å². The average molecular weight is 308 g/mol. The summed E-state index contributed by atoms with van der Waals surface area (Å²) in [5.74, 6) is -0.521. The molecule has 0 aliphatic carbocycles. The Hall–Kier alpha value is -1.63. The summed E-state index contributed by atoms with van der Waals surface area (Å²) in [7, 11) is 0. The third kappa shape index (κ3) is 2.69. The zero-order valence-electron chi connectivity index (χ0n) is 12.8. The molecule has 0 bridgehead atoms. The van der Waals surface area contributed by atoms with E-state index in [0.717, 1.165) is 32.2 Å². The van der Waals surface area contributed by atoms with Gasteiger partial charge in [-0.25, -0.2) is 0 Å². The van der Waals surface area contributed by atoms with E-state index in [1.165, 1.54) is 0 Å². The summed E-state index contributed by atoms with van der Waals surface area (Å²) in [6.07, 6.45) is 4.78. The molecule has 22 heavy (non-hydrogen) atoms. The lowest BCUT2D eigenvalue weighted by molar-refractivity contribution is -0.146. The number of hydrogen-bond acceptors (Lipinski definition) is 4. The van der Waals surface area contributed by atoms with E-state index in [1.807, 2.05) is 0 Å².